The third kappa shape index (κ3) is 7.47. The summed E-state index contributed by atoms with van der Waals surface area (Å²) >= 11 is 0.143. The van der Waals surface area contributed by atoms with E-state index in [1.807, 2.05) is 48.5 Å². The molecule has 0 aromatic heterocycles. The first kappa shape index (κ1) is 27.5. The molecule has 6 nitrogen and oxygen atoms in total. The summed E-state index contributed by atoms with van der Waals surface area (Å²) in [5.74, 6) is 0. The van der Waals surface area contributed by atoms with Gasteiger partial charge in [-0.05, 0) is 0 Å². The molecule has 0 spiro atoms. The van der Waals surface area contributed by atoms with Gasteiger partial charge >= 0.3 is 212 Å². The van der Waals surface area contributed by atoms with Crippen LogP contribution in [-0.2, 0) is 25.2 Å². The zero-order valence-electron chi connectivity index (χ0n) is 20.8. The molecule has 5 atom stereocenters. The van der Waals surface area contributed by atoms with Gasteiger partial charge in [-0.25, -0.2) is 0 Å². The summed E-state index contributed by atoms with van der Waals surface area (Å²) in [6.07, 6.45) is -2.56. The van der Waals surface area contributed by atoms with Crippen molar-refractivity contribution in [2.45, 2.75) is 81.5 Å². The zero-order valence-corrected chi connectivity index (χ0v) is 23.6. The molecular weight excluding hydrogens is 513 g/mol. The molecule has 2 aromatic carbocycles. The number of benzene rings is 2. The van der Waals surface area contributed by atoms with Crippen LogP contribution in [0.1, 0.15) is 26.3 Å². The van der Waals surface area contributed by atoms with Crippen molar-refractivity contribution in [2.75, 3.05) is 6.79 Å². The first-order chi connectivity index (χ1) is 16.1. The predicted molar refractivity (Wildman–Crippen MR) is 139 cm³/mol. The third-order valence-electron chi connectivity index (χ3n) is 6.55. The van der Waals surface area contributed by atoms with Gasteiger partial charge < -0.3 is 0 Å². The fraction of sp³-hybridized carbons (Fsp3) is 0.538. The number of aliphatic hydroxyl groups excluding tert-OH is 1. The molecular formula is C26H39NO5SeSi. The maximum absolute atomic E-state index is 11.1. The second-order valence-corrected chi connectivity index (χ2v) is 17.2. The van der Waals surface area contributed by atoms with Crippen LogP contribution in [0, 0.1) is 0 Å². The van der Waals surface area contributed by atoms with Gasteiger partial charge in [0.15, 0.2) is 0 Å². The molecule has 0 amide bonds. The summed E-state index contributed by atoms with van der Waals surface area (Å²) < 4.78 is 25.8. The zero-order chi connectivity index (χ0) is 24.8. The van der Waals surface area contributed by atoms with Gasteiger partial charge in [0, 0.05) is 0 Å². The van der Waals surface area contributed by atoms with Gasteiger partial charge in [-0.1, -0.05) is 0 Å². The van der Waals surface area contributed by atoms with E-state index in [1.54, 1.807) is 0 Å². The fourth-order valence-electron chi connectivity index (χ4n) is 3.41. The van der Waals surface area contributed by atoms with Crippen LogP contribution in [0.3, 0.4) is 0 Å². The molecule has 8 heteroatoms. The fourth-order valence-corrected chi connectivity index (χ4v) is 6.62. The van der Waals surface area contributed by atoms with Gasteiger partial charge in [-0.15, -0.1) is 0 Å². The van der Waals surface area contributed by atoms with E-state index in [-0.39, 0.29) is 26.8 Å². The Balaban J connectivity index is 1.67. The number of ether oxygens (including phenoxy) is 3. The van der Waals surface area contributed by atoms with Crippen LogP contribution >= 0.6 is 0 Å². The van der Waals surface area contributed by atoms with Crippen LogP contribution in [-0.4, -0.2) is 65.8 Å². The standard InChI is InChI=1S/C26H39NO5SeSi/c1-26(2,3)34(4,5)32-25-22(27)24(30-18-29-16-19-12-8-6-9-13-19)23(28)21(31-25)17-33-20-14-10-7-11-15-20/h6-15,21-25,28H,16-18,27H2,1-5H3/t21?,22?,23-,24?,25+/m1/s1. The summed E-state index contributed by atoms with van der Waals surface area (Å²) in [4.78, 5) is 0. The van der Waals surface area contributed by atoms with Gasteiger partial charge in [0.2, 0.25) is 0 Å². The molecule has 0 bridgehead atoms. The number of hydrogen-bond donors (Lipinski definition) is 2. The Morgan fingerprint density at radius 1 is 1.03 bits per heavy atom. The normalized spacial score (nSPS) is 25.9. The molecule has 3 unspecified atom stereocenters. The molecule has 1 aliphatic rings. The van der Waals surface area contributed by atoms with Crippen molar-refractivity contribution in [3.63, 3.8) is 0 Å². The average molecular weight is 553 g/mol. The minimum atomic E-state index is -2.15. The molecule has 1 fully saturated rings. The summed E-state index contributed by atoms with van der Waals surface area (Å²) in [6, 6.07) is 19.6. The van der Waals surface area contributed by atoms with Gasteiger partial charge in [0.05, 0.1) is 0 Å². The van der Waals surface area contributed by atoms with E-state index in [2.05, 4.69) is 46.0 Å². The molecule has 3 N–H and O–H groups in total. The van der Waals surface area contributed by atoms with Gasteiger partial charge in [-0.2, -0.15) is 0 Å². The second-order valence-electron chi connectivity index (χ2n) is 10.2. The van der Waals surface area contributed by atoms with Crippen LogP contribution in [0.4, 0.5) is 0 Å². The number of aliphatic hydroxyl groups is 1. The van der Waals surface area contributed by atoms with Crippen molar-refractivity contribution < 1.29 is 23.7 Å². The summed E-state index contributed by atoms with van der Waals surface area (Å²) in [5.41, 5.74) is 7.62. The third-order valence-corrected chi connectivity index (χ3v) is 13.3. The Hall–Kier alpha value is -1.06. The molecule has 1 heterocycles. The number of rotatable bonds is 10. The van der Waals surface area contributed by atoms with Gasteiger partial charge in [-0.3, -0.25) is 0 Å². The van der Waals surface area contributed by atoms with E-state index in [9.17, 15) is 5.11 Å². The second kappa shape index (κ2) is 12.3. The van der Waals surface area contributed by atoms with Crippen molar-refractivity contribution in [1.29, 1.82) is 0 Å². The van der Waals surface area contributed by atoms with E-state index in [0.717, 1.165) is 5.56 Å². The SMILES string of the molecule is CC(C)(C)[Si](C)(C)O[C@@H]1OC(C[Se]c2ccccc2)[C@@H](O)C(OCOCc2ccccc2)C1N. The molecule has 0 saturated carbocycles. The molecule has 2 aromatic rings. The molecule has 3 rings (SSSR count). The Morgan fingerprint density at radius 3 is 2.26 bits per heavy atom. The molecule has 0 radical (unpaired) electrons. The van der Waals surface area contributed by atoms with Crippen molar-refractivity contribution in [1.82, 2.24) is 0 Å². The molecule has 1 saturated heterocycles. The number of hydrogen-bond acceptors (Lipinski definition) is 6. The summed E-state index contributed by atoms with van der Waals surface area (Å²) in [7, 11) is -2.15. The van der Waals surface area contributed by atoms with Gasteiger partial charge in [0.25, 0.3) is 0 Å². The first-order valence-electron chi connectivity index (χ1n) is 11.8. The average Bonchev–Trinajstić information content (AvgIpc) is 2.80. The molecule has 0 aliphatic carbocycles. The van der Waals surface area contributed by atoms with Crippen molar-refractivity contribution in [3.05, 3.63) is 66.2 Å². The van der Waals surface area contributed by atoms with E-state index >= 15 is 0 Å². The Kier molecular flexibility index (Phi) is 9.92. The summed E-state index contributed by atoms with van der Waals surface area (Å²) in [6.45, 7) is 11.4. The number of nitrogens with two attached hydrogens (primary N) is 1. The summed E-state index contributed by atoms with van der Waals surface area (Å²) in [5, 5.41) is 11.9. The topological polar surface area (TPSA) is 83.2 Å². The first-order valence-corrected chi connectivity index (χ1v) is 16.7. The van der Waals surface area contributed by atoms with E-state index < -0.39 is 39.0 Å². The van der Waals surface area contributed by atoms with Crippen molar-refractivity contribution in [2.24, 2.45) is 5.73 Å². The van der Waals surface area contributed by atoms with E-state index in [0.29, 0.717) is 11.9 Å². The molecule has 188 valence electrons. The van der Waals surface area contributed by atoms with Crippen molar-refractivity contribution in [3.8, 4) is 0 Å². The minimum absolute atomic E-state index is 0.00473. The predicted octanol–water partition coefficient (Wildman–Crippen LogP) is 3.43. The molecule has 34 heavy (non-hydrogen) atoms. The van der Waals surface area contributed by atoms with Gasteiger partial charge in [0.1, 0.15) is 0 Å². The maximum atomic E-state index is 11.1. The van der Waals surface area contributed by atoms with Crippen LogP contribution < -0.4 is 10.2 Å². The van der Waals surface area contributed by atoms with Crippen LogP contribution in [0.5, 0.6) is 0 Å². The Morgan fingerprint density at radius 2 is 1.65 bits per heavy atom. The van der Waals surface area contributed by atoms with Crippen LogP contribution in [0.2, 0.25) is 23.5 Å². The molecule has 1 aliphatic heterocycles. The van der Waals surface area contributed by atoms with Crippen LogP contribution in [0.15, 0.2) is 60.7 Å². The Bertz CT molecular complexity index is 864. The Labute approximate surface area is 211 Å². The van der Waals surface area contributed by atoms with Crippen molar-refractivity contribution >= 4 is 27.7 Å². The van der Waals surface area contributed by atoms with E-state index in [1.165, 1.54) is 4.46 Å². The van der Waals surface area contributed by atoms with E-state index in [4.69, 9.17) is 24.4 Å². The quantitative estimate of drug-likeness (QED) is 0.267. The monoisotopic (exact) mass is 553 g/mol. The van der Waals surface area contributed by atoms with Crippen LogP contribution in [0.25, 0.3) is 0 Å².